The molecule has 0 radical (unpaired) electrons. The maximum Gasteiger partial charge on any atom is 0.340 e. The van der Waals surface area contributed by atoms with Gasteiger partial charge in [0.05, 0.1) is 0 Å². The number of primary amides is 1. The van der Waals surface area contributed by atoms with E-state index in [0.717, 1.165) is 4.41 Å². The Bertz CT molecular complexity index is 75.3. The Kier molecular flexibility index (Phi) is 2.97. The van der Waals surface area contributed by atoms with Crippen LogP contribution in [0.15, 0.2) is 0 Å². The van der Waals surface area contributed by atoms with Crippen molar-refractivity contribution in [3.8, 4) is 0 Å². The Balaban J connectivity index is 3.34. The molecule has 0 unspecified atom stereocenters. The second-order valence-electron chi connectivity index (χ2n) is 0.750. The van der Waals surface area contributed by atoms with E-state index in [1.165, 1.54) is 0 Å². The van der Waals surface area contributed by atoms with E-state index in [0.29, 0.717) is 0 Å². The standard InChI is InChI=1S/CH5N3OS2/c2-1(5)4(7)3-6/h3,6-7H,(H2,2,5). The van der Waals surface area contributed by atoms with Gasteiger partial charge in [-0.3, -0.25) is 0 Å². The molecular weight excluding hydrogens is 134 g/mol. The van der Waals surface area contributed by atoms with Crippen LogP contribution in [0, 0.1) is 0 Å². The number of carbonyl (C=O) groups excluding carboxylic acids is 1. The third kappa shape index (κ3) is 2.60. The molecule has 6 heteroatoms. The van der Waals surface area contributed by atoms with Gasteiger partial charge in [-0.15, -0.1) is 0 Å². The van der Waals surface area contributed by atoms with E-state index in [2.05, 4.69) is 36.2 Å². The summed E-state index contributed by atoms with van der Waals surface area (Å²) < 4.78 is 0.739. The fourth-order valence-corrected chi connectivity index (χ4v) is 0.148. The zero-order valence-electron chi connectivity index (χ0n) is 3.33. The second-order valence-corrected chi connectivity index (χ2v) is 1.35. The molecular formula is CH5N3OS2. The highest BCUT2D eigenvalue weighted by molar-refractivity contribution is 7.81. The van der Waals surface area contributed by atoms with Crippen molar-refractivity contribution in [2.75, 3.05) is 0 Å². The van der Waals surface area contributed by atoms with Gasteiger partial charge in [0.25, 0.3) is 0 Å². The van der Waals surface area contributed by atoms with Crippen LogP contribution in [-0.2, 0) is 0 Å². The van der Waals surface area contributed by atoms with Crippen LogP contribution < -0.4 is 10.6 Å². The predicted octanol–water partition coefficient (Wildman–Crippen LogP) is -0.439. The molecule has 0 aliphatic rings. The molecule has 0 saturated carbocycles. The highest BCUT2D eigenvalue weighted by atomic mass is 32.1. The van der Waals surface area contributed by atoms with E-state index in [4.69, 9.17) is 0 Å². The third-order valence-corrected chi connectivity index (χ3v) is 0.958. The lowest BCUT2D eigenvalue weighted by Gasteiger charge is -2.06. The van der Waals surface area contributed by atoms with Crippen molar-refractivity contribution in [1.29, 1.82) is 0 Å². The normalized spacial score (nSPS) is 8.29. The smallest absolute Gasteiger partial charge is 0.340 e. The summed E-state index contributed by atoms with van der Waals surface area (Å²) in [5.74, 6) is 0. The van der Waals surface area contributed by atoms with Crippen molar-refractivity contribution in [1.82, 2.24) is 9.25 Å². The molecule has 0 heterocycles. The number of carbonyl (C=O) groups is 1. The van der Waals surface area contributed by atoms with E-state index >= 15 is 0 Å². The highest BCUT2D eigenvalue weighted by Gasteiger charge is 1.96. The summed E-state index contributed by atoms with van der Waals surface area (Å²) in [7, 11) is 0. The molecule has 0 atom stereocenters. The lowest BCUT2D eigenvalue weighted by Crippen LogP contribution is -2.33. The van der Waals surface area contributed by atoms with Crippen LogP contribution in [0.3, 0.4) is 0 Å². The Morgan fingerprint density at radius 3 is 2.29 bits per heavy atom. The minimum atomic E-state index is -0.696. The molecule has 0 spiro atoms. The maximum atomic E-state index is 9.89. The van der Waals surface area contributed by atoms with Crippen molar-refractivity contribution >= 4 is 31.7 Å². The molecule has 0 bridgehead atoms. The average molecular weight is 139 g/mol. The minimum absolute atomic E-state index is 0.696. The number of hydrogen-bond donors (Lipinski definition) is 4. The van der Waals surface area contributed by atoms with Gasteiger partial charge in [-0.05, 0) is 12.8 Å². The Labute approximate surface area is 52.1 Å². The van der Waals surface area contributed by atoms with Crippen molar-refractivity contribution in [3.05, 3.63) is 0 Å². The summed E-state index contributed by atoms with van der Waals surface area (Å²) in [6.07, 6.45) is 0. The fraction of sp³-hybridized carbons (Fsp3) is 0. The van der Waals surface area contributed by atoms with Gasteiger partial charge in [0, 0.05) is 0 Å². The quantitative estimate of drug-likeness (QED) is 0.294. The molecule has 0 aromatic carbocycles. The number of rotatable bonds is 1. The number of hydrazine groups is 1. The number of nitrogens with one attached hydrogen (secondary N) is 1. The van der Waals surface area contributed by atoms with Crippen molar-refractivity contribution in [3.63, 3.8) is 0 Å². The summed E-state index contributed by atoms with van der Waals surface area (Å²) in [6, 6.07) is -0.696. The lowest BCUT2D eigenvalue weighted by atomic mass is 11.2. The number of thiol groups is 2. The number of nitrogens with zero attached hydrogens (tertiary/aromatic N) is 1. The van der Waals surface area contributed by atoms with Gasteiger partial charge in [0.15, 0.2) is 0 Å². The first-order chi connectivity index (χ1) is 3.18. The monoisotopic (exact) mass is 139 g/mol. The maximum absolute atomic E-state index is 9.89. The van der Waals surface area contributed by atoms with Crippen LogP contribution >= 0.6 is 25.6 Å². The van der Waals surface area contributed by atoms with E-state index in [-0.39, 0.29) is 0 Å². The molecule has 0 aliphatic heterocycles. The van der Waals surface area contributed by atoms with Gasteiger partial charge in [-0.25, -0.2) is 4.79 Å². The second kappa shape index (κ2) is 3.00. The van der Waals surface area contributed by atoms with Gasteiger partial charge in [-0.2, -0.15) is 9.25 Å². The van der Waals surface area contributed by atoms with Crippen LogP contribution in [0.1, 0.15) is 0 Å². The van der Waals surface area contributed by atoms with Crippen LogP contribution in [0.5, 0.6) is 0 Å². The zero-order chi connectivity index (χ0) is 5.86. The van der Waals surface area contributed by atoms with Gasteiger partial charge < -0.3 is 5.73 Å². The number of hydrogen-bond acceptors (Lipinski definition) is 4. The predicted molar refractivity (Wildman–Crippen MR) is 32.5 cm³/mol. The zero-order valence-corrected chi connectivity index (χ0v) is 5.12. The van der Waals surface area contributed by atoms with Gasteiger partial charge in [0.1, 0.15) is 0 Å². The largest absolute Gasteiger partial charge is 0.350 e. The molecule has 2 amide bonds. The molecule has 3 N–H and O–H groups in total. The van der Waals surface area contributed by atoms with E-state index < -0.39 is 6.03 Å². The minimum Gasteiger partial charge on any atom is -0.350 e. The molecule has 0 rings (SSSR count). The van der Waals surface area contributed by atoms with E-state index in [1.807, 2.05) is 0 Å². The van der Waals surface area contributed by atoms with Crippen LogP contribution in [-0.4, -0.2) is 10.4 Å². The van der Waals surface area contributed by atoms with Crippen molar-refractivity contribution in [2.45, 2.75) is 0 Å². The number of amides is 2. The molecule has 0 fully saturated rings. The Morgan fingerprint density at radius 1 is 1.86 bits per heavy atom. The first kappa shape index (κ1) is 6.93. The summed E-state index contributed by atoms with van der Waals surface area (Å²) in [6.45, 7) is 0. The molecule has 4 nitrogen and oxygen atoms in total. The third-order valence-electron chi connectivity index (χ3n) is 0.303. The summed E-state index contributed by atoms with van der Waals surface area (Å²) in [5, 5.41) is 0. The number of nitrogens with two attached hydrogens (primary N) is 1. The molecule has 0 aliphatic carbocycles. The van der Waals surface area contributed by atoms with Gasteiger partial charge >= 0.3 is 6.03 Å². The first-order valence-corrected chi connectivity index (χ1v) is 2.21. The van der Waals surface area contributed by atoms with E-state index in [9.17, 15) is 4.79 Å². The molecule has 7 heavy (non-hydrogen) atoms. The van der Waals surface area contributed by atoms with Crippen molar-refractivity contribution < 1.29 is 4.79 Å². The van der Waals surface area contributed by atoms with E-state index in [1.54, 1.807) is 0 Å². The van der Waals surface area contributed by atoms with Crippen molar-refractivity contribution in [2.24, 2.45) is 5.73 Å². The van der Waals surface area contributed by atoms with Gasteiger partial charge in [0.2, 0.25) is 0 Å². The molecule has 0 aromatic rings. The summed E-state index contributed by atoms with van der Waals surface area (Å²) in [4.78, 5) is 12.0. The van der Waals surface area contributed by atoms with Crippen LogP contribution in [0.25, 0.3) is 0 Å². The summed E-state index contributed by atoms with van der Waals surface area (Å²) >= 11 is 6.95. The highest BCUT2D eigenvalue weighted by Crippen LogP contribution is 1.84. The number of urea groups is 1. The van der Waals surface area contributed by atoms with Crippen LogP contribution in [0.4, 0.5) is 4.79 Å². The molecule has 42 valence electrons. The average Bonchev–Trinajstić information content (AvgIpc) is 1.65. The molecule has 0 aromatic heterocycles. The van der Waals surface area contributed by atoms with Gasteiger partial charge in [-0.1, -0.05) is 12.8 Å². The fourth-order valence-electron chi connectivity index (χ4n) is 0.0493. The Morgan fingerprint density at radius 2 is 2.29 bits per heavy atom. The molecule has 0 saturated heterocycles. The Hall–Kier alpha value is -0.0700. The SMILES string of the molecule is NC(=O)N(S)NS. The topological polar surface area (TPSA) is 58.4 Å². The van der Waals surface area contributed by atoms with Crippen LogP contribution in [0.2, 0.25) is 0 Å². The lowest BCUT2D eigenvalue weighted by molar-refractivity contribution is 0.233. The summed E-state index contributed by atoms with van der Waals surface area (Å²) in [5.41, 5.74) is 4.65. The first-order valence-electron chi connectivity index (χ1n) is 1.36.